The first kappa shape index (κ1) is 18.9. The molecule has 0 aliphatic heterocycles. The third-order valence-electron chi connectivity index (χ3n) is 5.56. The summed E-state index contributed by atoms with van der Waals surface area (Å²) in [5.74, 6) is -1.01. The predicted molar refractivity (Wildman–Crippen MR) is 106 cm³/mol. The summed E-state index contributed by atoms with van der Waals surface area (Å²) < 4.78 is 24.2. The van der Waals surface area contributed by atoms with Crippen LogP contribution in [0.5, 0.6) is 5.75 Å². The number of nitrogens with zero attached hydrogens (tertiary/aromatic N) is 1. The molecule has 0 saturated heterocycles. The fourth-order valence-corrected chi connectivity index (χ4v) is 4.48. The Bertz CT molecular complexity index is 1130. The van der Waals surface area contributed by atoms with E-state index in [-0.39, 0.29) is 46.2 Å². The monoisotopic (exact) mass is 429 g/mol. The zero-order valence-electron chi connectivity index (χ0n) is 15.7. The fraction of sp³-hybridized carbons (Fsp3) is 0.286. The molecule has 7 nitrogen and oxygen atoms in total. The van der Waals surface area contributed by atoms with Gasteiger partial charge in [0.1, 0.15) is 17.1 Å². The molecule has 3 aromatic rings. The number of amides is 2. The minimum absolute atomic E-state index is 0.00846. The van der Waals surface area contributed by atoms with Gasteiger partial charge in [0.25, 0.3) is 11.8 Å². The number of carbonyl (C=O) groups excluding carboxylic acids is 2. The number of hydrogen-bond acceptors (Lipinski definition) is 5. The molecule has 30 heavy (non-hydrogen) atoms. The van der Waals surface area contributed by atoms with E-state index in [4.69, 9.17) is 20.8 Å². The van der Waals surface area contributed by atoms with E-state index in [0.717, 1.165) is 6.07 Å². The van der Waals surface area contributed by atoms with Crippen molar-refractivity contribution in [1.82, 2.24) is 15.6 Å². The molecule has 2 amide bonds. The van der Waals surface area contributed by atoms with Crippen LogP contribution >= 0.6 is 11.6 Å². The maximum absolute atomic E-state index is 13.4. The van der Waals surface area contributed by atoms with Gasteiger partial charge in [0.15, 0.2) is 12.2 Å². The van der Waals surface area contributed by atoms with Gasteiger partial charge >= 0.3 is 5.91 Å². The molecular formula is C21H17ClFN3O4. The quantitative estimate of drug-likeness (QED) is 0.627. The number of benzene rings is 2. The second kappa shape index (κ2) is 6.70. The first-order valence-electron chi connectivity index (χ1n) is 9.42. The molecule has 0 atom stereocenters. The number of hydrogen-bond donors (Lipinski definition) is 2. The Labute approximate surface area is 175 Å². The summed E-state index contributed by atoms with van der Waals surface area (Å²) in [6.07, 6.45) is 1.90. The second-order valence-electron chi connectivity index (χ2n) is 7.94. The van der Waals surface area contributed by atoms with Crippen molar-refractivity contribution >= 4 is 34.5 Å². The van der Waals surface area contributed by atoms with E-state index in [1.807, 2.05) is 12.1 Å². The largest absolute Gasteiger partial charge is 0.484 e. The summed E-state index contributed by atoms with van der Waals surface area (Å²) in [6, 6.07) is 11.2. The van der Waals surface area contributed by atoms with Crippen LogP contribution in [0.1, 0.15) is 29.9 Å². The predicted octanol–water partition coefficient (Wildman–Crippen LogP) is 3.22. The number of oxazole rings is 1. The van der Waals surface area contributed by atoms with Crippen LogP contribution in [0, 0.1) is 5.82 Å². The minimum Gasteiger partial charge on any atom is -0.484 e. The lowest BCUT2D eigenvalue weighted by molar-refractivity contribution is -0.141. The van der Waals surface area contributed by atoms with Crippen LogP contribution in [0.25, 0.3) is 11.1 Å². The zero-order valence-corrected chi connectivity index (χ0v) is 16.5. The normalized spacial score (nSPS) is 23.9. The van der Waals surface area contributed by atoms with Gasteiger partial charge in [0.2, 0.25) is 0 Å². The summed E-state index contributed by atoms with van der Waals surface area (Å²) in [4.78, 5) is 28.9. The standard InChI is InChI=1S/C21H17ClFN3O4/c22-13-6-5-12(7-14(13)23)29-8-17(27)25-20-9-21(10-20,11-20)26-18(28)19-24-15-3-1-2-4-16(15)30-19/h1-7H,8-11H2,(H,25,27)(H,26,28). The Hall–Kier alpha value is -3.13. The van der Waals surface area contributed by atoms with E-state index in [0.29, 0.717) is 30.4 Å². The van der Waals surface area contributed by atoms with Gasteiger partial charge in [-0.1, -0.05) is 23.7 Å². The van der Waals surface area contributed by atoms with E-state index < -0.39 is 5.82 Å². The van der Waals surface area contributed by atoms with Crippen molar-refractivity contribution in [2.45, 2.75) is 30.3 Å². The number of halogens is 2. The van der Waals surface area contributed by atoms with Gasteiger partial charge in [-0.25, -0.2) is 9.37 Å². The van der Waals surface area contributed by atoms with Crippen LogP contribution < -0.4 is 15.4 Å². The first-order valence-corrected chi connectivity index (χ1v) is 9.80. The molecule has 3 aliphatic rings. The molecule has 6 rings (SSSR count). The highest BCUT2D eigenvalue weighted by Gasteiger charge is 2.69. The van der Waals surface area contributed by atoms with Gasteiger partial charge in [-0.05, 0) is 43.5 Å². The number of fused-ring (bicyclic) bond motifs is 1. The molecule has 2 N–H and O–H groups in total. The molecule has 154 valence electrons. The van der Waals surface area contributed by atoms with Gasteiger partial charge in [0, 0.05) is 17.1 Å². The van der Waals surface area contributed by atoms with Crippen LogP contribution in [0.3, 0.4) is 0 Å². The van der Waals surface area contributed by atoms with Gasteiger partial charge in [0.05, 0.1) is 5.02 Å². The van der Waals surface area contributed by atoms with Crippen LogP contribution in [-0.4, -0.2) is 34.5 Å². The van der Waals surface area contributed by atoms with Crippen LogP contribution in [0.15, 0.2) is 46.9 Å². The molecule has 0 unspecified atom stereocenters. The van der Waals surface area contributed by atoms with Gasteiger partial charge < -0.3 is 19.8 Å². The average molecular weight is 430 g/mol. The molecule has 1 heterocycles. The molecule has 0 spiro atoms. The van der Waals surface area contributed by atoms with Gasteiger partial charge in [-0.3, -0.25) is 9.59 Å². The van der Waals surface area contributed by atoms with Gasteiger partial charge in [-0.2, -0.15) is 0 Å². The van der Waals surface area contributed by atoms with Crippen molar-refractivity contribution in [1.29, 1.82) is 0 Å². The third-order valence-corrected chi connectivity index (χ3v) is 5.87. The zero-order chi connectivity index (χ0) is 20.9. The van der Waals surface area contributed by atoms with Crippen molar-refractivity contribution in [2.75, 3.05) is 6.61 Å². The lowest BCUT2D eigenvalue weighted by atomic mass is 9.44. The Morgan fingerprint density at radius 2 is 1.87 bits per heavy atom. The number of para-hydroxylation sites is 2. The minimum atomic E-state index is -0.606. The number of nitrogens with one attached hydrogen (secondary N) is 2. The molecular weight excluding hydrogens is 413 g/mol. The Morgan fingerprint density at radius 1 is 1.13 bits per heavy atom. The maximum atomic E-state index is 13.4. The SMILES string of the molecule is O=C(COc1ccc(Cl)c(F)c1)NC12CC(NC(=O)c3nc4ccccc4o3)(C1)C2. The highest BCUT2D eigenvalue weighted by molar-refractivity contribution is 6.30. The highest BCUT2D eigenvalue weighted by atomic mass is 35.5. The van der Waals surface area contributed by atoms with E-state index in [2.05, 4.69) is 15.6 Å². The average Bonchev–Trinajstić information content (AvgIpc) is 3.10. The van der Waals surface area contributed by atoms with E-state index in [1.54, 1.807) is 12.1 Å². The molecule has 9 heteroatoms. The Morgan fingerprint density at radius 3 is 2.60 bits per heavy atom. The molecule has 3 fully saturated rings. The van der Waals surface area contributed by atoms with E-state index >= 15 is 0 Å². The molecule has 0 radical (unpaired) electrons. The topological polar surface area (TPSA) is 93.5 Å². The smallest absolute Gasteiger partial charge is 0.307 e. The second-order valence-corrected chi connectivity index (χ2v) is 8.35. The van der Waals surface area contributed by atoms with Crippen molar-refractivity contribution in [3.63, 3.8) is 0 Å². The van der Waals surface area contributed by atoms with Crippen LogP contribution in [0.2, 0.25) is 5.02 Å². The maximum Gasteiger partial charge on any atom is 0.307 e. The van der Waals surface area contributed by atoms with Crippen molar-refractivity contribution in [3.05, 3.63) is 59.2 Å². The Kier molecular flexibility index (Phi) is 4.21. The number of carbonyl (C=O) groups is 2. The summed E-state index contributed by atoms with van der Waals surface area (Å²) >= 11 is 5.62. The number of rotatable bonds is 6. The lowest BCUT2D eigenvalue weighted by Gasteiger charge is -2.70. The summed E-state index contributed by atoms with van der Waals surface area (Å²) in [6.45, 7) is -0.231. The lowest BCUT2D eigenvalue weighted by Crippen LogP contribution is -2.84. The van der Waals surface area contributed by atoms with E-state index in [9.17, 15) is 14.0 Å². The number of aromatic nitrogens is 1. The van der Waals surface area contributed by atoms with Crippen LogP contribution in [-0.2, 0) is 4.79 Å². The molecule has 2 bridgehead atoms. The molecule has 2 aromatic carbocycles. The van der Waals surface area contributed by atoms with Crippen molar-refractivity contribution in [2.24, 2.45) is 0 Å². The fourth-order valence-electron chi connectivity index (χ4n) is 4.36. The van der Waals surface area contributed by atoms with Crippen molar-refractivity contribution < 1.29 is 23.1 Å². The number of ether oxygens (including phenoxy) is 1. The van der Waals surface area contributed by atoms with Crippen molar-refractivity contribution in [3.8, 4) is 5.75 Å². The molecule has 3 saturated carbocycles. The third kappa shape index (κ3) is 3.27. The van der Waals surface area contributed by atoms with Gasteiger partial charge in [-0.15, -0.1) is 0 Å². The van der Waals surface area contributed by atoms with Crippen LogP contribution in [0.4, 0.5) is 4.39 Å². The Balaban J connectivity index is 1.12. The summed E-state index contributed by atoms with van der Waals surface area (Å²) in [5, 5.41) is 5.90. The highest BCUT2D eigenvalue weighted by Crippen LogP contribution is 2.60. The first-order chi connectivity index (χ1) is 14.4. The molecule has 1 aromatic heterocycles. The molecule has 3 aliphatic carbocycles. The summed E-state index contributed by atoms with van der Waals surface area (Å²) in [5.41, 5.74) is 0.514. The van der Waals surface area contributed by atoms with E-state index in [1.165, 1.54) is 12.1 Å². The summed E-state index contributed by atoms with van der Waals surface area (Å²) in [7, 11) is 0.